The minimum Gasteiger partial charge on any atom is -0.486 e. The molecule has 5 nitrogen and oxygen atoms in total. The zero-order valence-electron chi connectivity index (χ0n) is 28.6. The molecular weight excluding hydrogens is 793 g/mol. The zero-order valence-corrected chi connectivity index (χ0v) is 31.0. The van der Waals surface area contributed by atoms with Crippen LogP contribution in [-0.2, 0) is 20.1 Å². The Balaban J connectivity index is 0.000000142. The number of nitrogens with zero attached hydrogens (tertiary/aromatic N) is 4. The van der Waals surface area contributed by atoms with Gasteiger partial charge in [-0.05, 0) is 86.9 Å². The number of furan rings is 1. The first-order valence-electron chi connectivity index (χ1n) is 18.0. The monoisotopic (exact) mass is 833 g/mol. The Hall–Kier alpha value is -4.38. The molecule has 0 amide bonds. The van der Waals surface area contributed by atoms with E-state index in [-0.39, 0.29) is 20.1 Å². The predicted octanol–water partition coefficient (Wildman–Crippen LogP) is 11.5. The molecule has 0 spiro atoms. The van der Waals surface area contributed by atoms with Crippen LogP contribution in [0.15, 0.2) is 95.6 Å². The van der Waals surface area contributed by atoms with Gasteiger partial charge in [0.15, 0.2) is 0 Å². The molecule has 0 bridgehead atoms. The molecule has 1 atom stereocenters. The van der Waals surface area contributed by atoms with E-state index < -0.39 is 0 Å². The number of aromatic nitrogens is 4. The molecule has 253 valence electrons. The van der Waals surface area contributed by atoms with Gasteiger partial charge >= 0.3 is 0 Å². The van der Waals surface area contributed by atoms with Gasteiger partial charge in [0.1, 0.15) is 0 Å². The average molecular weight is 833 g/mol. The van der Waals surface area contributed by atoms with Gasteiger partial charge in [-0.3, -0.25) is 4.98 Å². The van der Waals surface area contributed by atoms with E-state index in [0.717, 1.165) is 56.1 Å². The molecular formula is C44H40IrN4O-2. The molecule has 50 heavy (non-hydrogen) atoms. The van der Waals surface area contributed by atoms with Crippen molar-refractivity contribution in [2.75, 3.05) is 0 Å². The van der Waals surface area contributed by atoms with Gasteiger partial charge < -0.3 is 14.0 Å². The summed E-state index contributed by atoms with van der Waals surface area (Å²) in [6, 6.07) is 34.2. The van der Waals surface area contributed by atoms with Crippen molar-refractivity contribution in [2.45, 2.75) is 77.2 Å². The first kappa shape index (κ1) is 32.8. The third kappa shape index (κ3) is 5.83. The fraction of sp³-hybridized carbons (Fsp3) is 0.295. The Kier molecular flexibility index (Phi) is 9.01. The minimum absolute atomic E-state index is 0. The number of aryl methyl sites for hydroxylation is 1. The van der Waals surface area contributed by atoms with E-state index in [1.807, 2.05) is 43.5 Å². The average Bonchev–Trinajstić information content (AvgIpc) is 3.97. The number of rotatable bonds is 4. The van der Waals surface area contributed by atoms with E-state index >= 15 is 0 Å². The van der Waals surface area contributed by atoms with Crippen LogP contribution in [0, 0.1) is 25.0 Å². The molecule has 3 aliphatic rings. The molecule has 7 aromatic rings. The van der Waals surface area contributed by atoms with E-state index in [1.54, 1.807) is 5.57 Å². The fourth-order valence-corrected chi connectivity index (χ4v) is 8.52. The number of hydrogen-bond acceptors (Lipinski definition) is 4. The van der Waals surface area contributed by atoms with Crippen LogP contribution < -0.4 is 0 Å². The summed E-state index contributed by atoms with van der Waals surface area (Å²) in [5.41, 5.74) is 12.2. The number of para-hydroxylation sites is 1. The molecule has 2 saturated carbocycles. The van der Waals surface area contributed by atoms with Crippen LogP contribution >= 0.6 is 0 Å². The molecule has 0 N–H and O–H groups in total. The van der Waals surface area contributed by atoms with E-state index in [0.29, 0.717) is 17.7 Å². The van der Waals surface area contributed by atoms with Gasteiger partial charge in [0.05, 0.1) is 22.4 Å². The van der Waals surface area contributed by atoms with Gasteiger partial charge in [-0.15, -0.1) is 54.1 Å². The summed E-state index contributed by atoms with van der Waals surface area (Å²) >= 11 is 0. The predicted molar refractivity (Wildman–Crippen MR) is 198 cm³/mol. The van der Waals surface area contributed by atoms with Gasteiger partial charge in [-0.25, -0.2) is 4.98 Å². The Morgan fingerprint density at radius 2 is 1.62 bits per heavy atom. The largest absolute Gasteiger partial charge is 0.486 e. The summed E-state index contributed by atoms with van der Waals surface area (Å²) in [5.74, 6) is 2.43. The van der Waals surface area contributed by atoms with Gasteiger partial charge in [0, 0.05) is 49.0 Å². The van der Waals surface area contributed by atoms with Crippen molar-refractivity contribution in [3.63, 3.8) is 0 Å². The number of pyridine rings is 2. The van der Waals surface area contributed by atoms with Crippen molar-refractivity contribution in [3.8, 4) is 22.6 Å². The second-order valence-corrected chi connectivity index (χ2v) is 14.1. The van der Waals surface area contributed by atoms with Crippen molar-refractivity contribution in [1.29, 1.82) is 0 Å². The standard InChI is InChI=1S/C22H19N2O.C22H21N2.Ir/c1-14-9-10-18-17-7-4-8-19(21(17)25-22(18)24-14)20-13-16(11-12-23-20)15-5-2-3-6-15;1-15-14-19(16-8-5-6-9-16)18-12-7-13-20-21(18)24(15)22(23-20)17-10-3-2-4-11-17;/h4,7,9-13,15H,2-3,5-6H2,1H3;2-4,7,10,12-16H,5-6,8-9H2,1H3;/q2*-1;. The van der Waals surface area contributed by atoms with Gasteiger partial charge in [0.2, 0.25) is 5.71 Å². The van der Waals surface area contributed by atoms with E-state index in [4.69, 9.17) is 9.40 Å². The normalized spacial score (nSPS) is 17.6. The number of imidazole rings is 1. The Bertz CT molecular complexity index is 2340. The van der Waals surface area contributed by atoms with Gasteiger partial charge in [0.25, 0.3) is 0 Å². The summed E-state index contributed by atoms with van der Waals surface area (Å²) in [6.45, 7) is 4.27. The number of hydrogen-bond donors (Lipinski definition) is 0. The summed E-state index contributed by atoms with van der Waals surface area (Å²) in [6.07, 6.45) is 15.0. The molecule has 1 aliphatic heterocycles. The van der Waals surface area contributed by atoms with Crippen molar-refractivity contribution < 1.29 is 24.5 Å². The van der Waals surface area contributed by atoms with Crippen LogP contribution in [0.4, 0.5) is 0 Å². The number of fused-ring (bicyclic) bond motifs is 3. The molecule has 2 fully saturated rings. The molecule has 6 heteroatoms. The number of allylic oxidation sites excluding steroid dienone is 2. The van der Waals surface area contributed by atoms with Crippen LogP contribution in [0.5, 0.6) is 0 Å². The first-order valence-corrected chi connectivity index (χ1v) is 18.0. The summed E-state index contributed by atoms with van der Waals surface area (Å²) in [5, 5.41) is 2.12. The maximum absolute atomic E-state index is 6.10. The van der Waals surface area contributed by atoms with Crippen LogP contribution in [0.2, 0.25) is 0 Å². The third-order valence-electron chi connectivity index (χ3n) is 10.9. The molecule has 4 aromatic heterocycles. The zero-order chi connectivity index (χ0) is 32.9. The van der Waals surface area contributed by atoms with E-state index in [9.17, 15) is 0 Å². The molecule has 2 aliphatic carbocycles. The second-order valence-electron chi connectivity index (χ2n) is 14.1. The van der Waals surface area contributed by atoms with Crippen molar-refractivity contribution in [1.82, 2.24) is 19.5 Å². The molecule has 0 saturated heterocycles. The first-order chi connectivity index (χ1) is 24.1. The van der Waals surface area contributed by atoms with Crippen LogP contribution in [0.1, 0.15) is 87.1 Å². The Labute approximate surface area is 307 Å². The topological polar surface area (TPSA) is 56.7 Å². The summed E-state index contributed by atoms with van der Waals surface area (Å²) in [7, 11) is 0. The Morgan fingerprint density at radius 1 is 0.800 bits per heavy atom. The van der Waals surface area contributed by atoms with Crippen LogP contribution in [-0.4, -0.2) is 19.5 Å². The quantitative estimate of drug-likeness (QED) is 0.166. The van der Waals surface area contributed by atoms with Gasteiger partial charge in [-0.1, -0.05) is 66.5 Å². The smallest absolute Gasteiger partial charge is 0.216 e. The van der Waals surface area contributed by atoms with Crippen molar-refractivity contribution in [2.24, 2.45) is 5.92 Å². The van der Waals surface area contributed by atoms with Crippen molar-refractivity contribution >= 4 is 38.7 Å². The maximum Gasteiger partial charge on any atom is 0.216 e. The molecule has 1 unspecified atom stereocenters. The minimum atomic E-state index is 0. The molecule has 3 aromatic carbocycles. The second kappa shape index (κ2) is 13.7. The van der Waals surface area contributed by atoms with Crippen molar-refractivity contribution in [3.05, 3.63) is 120 Å². The fourth-order valence-electron chi connectivity index (χ4n) is 8.52. The van der Waals surface area contributed by atoms with Gasteiger partial charge in [-0.2, -0.15) is 0 Å². The maximum atomic E-state index is 6.10. The molecule has 5 heterocycles. The van der Waals surface area contributed by atoms with Crippen LogP contribution in [0.25, 0.3) is 61.3 Å². The molecule has 1 radical (unpaired) electrons. The number of benzene rings is 3. The SMILES string of the molecule is CC1C=C(C2CCCC2)c2cccc3nc(-c4[c-]cccc4)n1c23.Cc1ccc2c(n1)oc1c(-c3cc(C4CCCC4)ccn3)[c-]ccc12.[Ir]. The Morgan fingerprint density at radius 3 is 2.42 bits per heavy atom. The van der Waals surface area contributed by atoms with E-state index in [1.165, 1.54) is 68.0 Å². The van der Waals surface area contributed by atoms with Crippen LogP contribution in [0.3, 0.4) is 0 Å². The summed E-state index contributed by atoms with van der Waals surface area (Å²) < 4.78 is 8.50. The molecule has 10 rings (SSSR count). The van der Waals surface area contributed by atoms with E-state index in [2.05, 4.69) is 88.2 Å². The third-order valence-corrected chi connectivity index (χ3v) is 10.9. The summed E-state index contributed by atoms with van der Waals surface area (Å²) in [4.78, 5) is 14.1.